The highest BCUT2D eigenvalue weighted by atomic mass is 19.1. The van der Waals surface area contributed by atoms with Crippen molar-refractivity contribution in [2.24, 2.45) is 0 Å². The van der Waals surface area contributed by atoms with Gasteiger partial charge in [-0.1, -0.05) is 25.7 Å². The van der Waals surface area contributed by atoms with E-state index in [0.29, 0.717) is 19.1 Å². The Labute approximate surface area is 124 Å². The first kappa shape index (κ1) is 15.8. The zero-order valence-electron chi connectivity index (χ0n) is 12.2. The number of nitrogens with one attached hydrogen (secondary N) is 2. The van der Waals surface area contributed by atoms with E-state index in [1.165, 1.54) is 50.7 Å². The van der Waals surface area contributed by atoms with Gasteiger partial charge in [0, 0.05) is 25.2 Å². The first-order valence-corrected chi connectivity index (χ1v) is 7.67. The van der Waals surface area contributed by atoms with E-state index in [0.717, 1.165) is 6.07 Å². The minimum Gasteiger partial charge on any atom is -0.508 e. The van der Waals surface area contributed by atoms with E-state index in [4.69, 9.17) is 5.11 Å². The predicted molar refractivity (Wildman–Crippen MR) is 79.9 cm³/mol. The molecule has 0 radical (unpaired) electrons. The molecule has 1 aromatic rings. The Hall–Kier alpha value is -1.62. The lowest BCUT2D eigenvalue weighted by Crippen LogP contribution is -2.37. The van der Waals surface area contributed by atoms with Gasteiger partial charge in [0.2, 0.25) is 0 Å². The average Bonchev–Trinajstić information content (AvgIpc) is 2.72. The first-order chi connectivity index (χ1) is 10.2. The molecule has 5 heteroatoms. The number of aromatic hydroxyl groups is 1. The van der Waals surface area contributed by atoms with Crippen LogP contribution in [-0.2, 0) is 0 Å². The van der Waals surface area contributed by atoms with Gasteiger partial charge < -0.3 is 15.7 Å². The summed E-state index contributed by atoms with van der Waals surface area (Å²) in [7, 11) is 0. The number of halogens is 1. The van der Waals surface area contributed by atoms with Crippen molar-refractivity contribution in [1.82, 2.24) is 10.6 Å². The molecule has 1 aromatic carbocycles. The monoisotopic (exact) mass is 294 g/mol. The minimum absolute atomic E-state index is 0.0396. The molecule has 0 aromatic heterocycles. The van der Waals surface area contributed by atoms with Gasteiger partial charge in [0.15, 0.2) is 0 Å². The quantitative estimate of drug-likeness (QED) is 0.578. The fraction of sp³-hybridized carbons (Fsp3) is 0.562. The topological polar surface area (TPSA) is 61.4 Å². The Kier molecular flexibility index (Phi) is 5.99. The molecule has 0 unspecified atom stereocenters. The number of carbonyl (C=O) groups excluding carboxylic acids is 1. The molecular weight excluding hydrogens is 271 g/mol. The van der Waals surface area contributed by atoms with E-state index < -0.39 is 11.7 Å². The Bertz CT molecular complexity index is 471. The van der Waals surface area contributed by atoms with Crippen LogP contribution >= 0.6 is 0 Å². The number of hydrogen-bond acceptors (Lipinski definition) is 3. The second kappa shape index (κ2) is 7.98. The largest absolute Gasteiger partial charge is 0.508 e. The summed E-state index contributed by atoms with van der Waals surface area (Å²) in [5.74, 6) is -1.33. The SMILES string of the molecule is O=C(NCCNC1CCCCCC1)c1ccc(O)cc1F. The van der Waals surface area contributed by atoms with Gasteiger partial charge in [-0.25, -0.2) is 4.39 Å². The number of rotatable bonds is 5. The van der Waals surface area contributed by atoms with Crippen LogP contribution in [0.4, 0.5) is 4.39 Å². The lowest BCUT2D eigenvalue weighted by Gasteiger charge is -2.16. The summed E-state index contributed by atoms with van der Waals surface area (Å²) in [6, 6.07) is 4.08. The Morgan fingerprint density at radius 3 is 2.57 bits per heavy atom. The summed E-state index contributed by atoms with van der Waals surface area (Å²) in [5, 5.41) is 15.3. The highest BCUT2D eigenvalue weighted by Crippen LogP contribution is 2.17. The highest BCUT2D eigenvalue weighted by Gasteiger charge is 2.13. The van der Waals surface area contributed by atoms with Crippen LogP contribution in [-0.4, -0.2) is 30.1 Å². The number of amides is 1. The molecule has 0 heterocycles. The maximum Gasteiger partial charge on any atom is 0.254 e. The molecule has 1 fully saturated rings. The molecule has 116 valence electrons. The summed E-state index contributed by atoms with van der Waals surface area (Å²) in [5.41, 5.74) is -0.0396. The van der Waals surface area contributed by atoms with Crippen molar-refractivity contribution in [1.29, 1.82) is 0 Å². The Balaban J connectivity index is 1.71. The van der Waals surface area contributed by atoms with E-state index in [1.54, 1.807) is 0 Å². The van der Waals surface area contributed by atoms with Crippen molar-refractivity contribution >= 4 is 5.91 Å². The second-order valence-electron chi connectivity index (χ2n) is 5.56. The van der Waals surface area contributed by atoms with Gasteiger partial charge >= 0.3 is 0 Å². The van der Waals surface area contributed by atoms with Crippen LogP contribution in [0.1, 0.15) is 48.9 Å². The summed E-state index contributed by atoms with van der Waals surface area (Å²) < 4.78 is 13.5. The van der Waals surface area contributed by atoms with Gasteiger partial charge in [-0.2, -0.15) is 0 Å². The number of carbonyl (C=O) groups is 1. The molecule has 0 aliphatic heterocycles. The Morgan fingerprint density at radius 2 is 1.90 bits per heavy atom. The van der Waals surface area contributed by atoms with E-state index in [1.807, 2.05) is 0 Å². The number of phenolic OH excluding ortho intramolecular Hbond substituents is 1. The number of phenols is 1. The van der Waals surface area contributed by atoms with Gasteiger partial charge in [-0.3, -0.25) is 4.79 Å². The molecule has 1 aliphatic rings. The first-order valence-electron chi connectivity index (χ1n) is 7.67. The second-order valence-corrected chi connectivity index (χ2v) is 5.56. The van der Waals surface area contributed by atoms with Gasteiger partial charge in [0.1, 0.15) is 11.6 Å². The molecule has 0 bridgehead atoms. The molecule has 3 N–H and O–H groups in total. The maximum atomic E-state index is 13.5. The highest BCUT2D eigenvalue weighted by molar-refractivity contribution is 5.94. The van der Waals surface area contributed by atoms with E-state index in [9.17, 15) is 9.18 Å². The van der Waals surface area contributed by atoms with Crippen molar-refractivity contribution < 1.29 is 14.3 Å². The van der Waals surface area contributed by atoms with Crippen LogP contribution in [0.5, 0.6) is 5.75 Å². The Morgan fingerprint density at radius 1 is 1.19 bits per heavy atom. The van der Waals surface area contributed by atoms with Crippen LogP contribution in [0.3, 0.4) is 0 Å². The lowest BCUT2D eigenvalue weighted by molar-refractivity contribution is 0.0949. The molecule has 1 saturated carbocycles. The number of hydrogen-bond donors (Lipinski definition) is 3. The molecule has 4 nitrogen and oxygen atoms in total. The van der Waals surface area contributed by atoms with Crippen LogP contribution in [0.25, 0.3) is 0 Å². The van der Waals surface area contributed by atoms with Crippen LogP contribution in [0, 0.1) is 5.82 Å². The average molecular weight is 294 g/mol. The minimum atomic E-state index is -0.704. The summed E-state index contributed by atoms with van der Waals surface area (Å²) in [6.07, 6.45) is 7.55. The molecule has 2 rings (SSSR count). The van der Waals surface area contributed by atoms with Crippen molar-refractivity contribution in [3.8, 4) is 5.75 Å². The van der Waals surface area contributed by atoms with Crippen molar-refractivity contribution in [3.63, 3.8) is 0 Å². The molecule has 0 spiro atoms. The third kappa shape index (κ3) is 5.01. The molecule has 0 atom stereocenters. The van der Waals surface area contributed by atoms with Gasteiger partial charge in [0.05, 0.1) is 5.56 Å². The fourth-order valence-electron chi connectivity index (χ4n) is 2.72. The van der Waals surface area contributed by atoms with E-state index >= 15 is 0 Å². The smallest absolute Gasteiger partial charge is 0.254 e. The third-order valence-corrected chi connectivity index (χ3v) is 3.90. The zero-order valence-corrected chi connectivity index (χ0v) is 12.2. The normalized spacial score (nSPS) is 16.4. The van der Waals surface area contributed by atoms with Crippen molar-refractivity contribution in [2.75, 3.05) is 13.1 Å². The van der Waals surface area contributed by atoms with Gasteiger partial charge in [0.25, 0.3) is 5.91 Å². The molecule has 1 amide bonds. The molecule has 21 heavy (non-hydrogen) atoms. The summed E-state index contributed by atoms with van der Waals surface area (Å²) >= 11 is 0. The van der Waals surface area contributed by atoms with E-state index in [2.05, 4.69) is 10.6 Å². The van der Waals surface area contributed by atoms with Crippen LogP contribution in [0.15, 0.2) is 18.2 Å². The number of benzene rings is 1. The standard InChI is InChI=1S/C16H23FN2O2/c17-15-11-13(20)7-8-14(15)16(21)19-10-9-18-12-5-3-1-2-4-6-12/h7-8,11-12,18,20H,1-6,9-10H2,(H,19,21). The van der Waals surface area contributed by atoms with Crippen molar-refractivity contribution in [2.45, 2.75) is 44.6 Å². The van der Waals surface area contributed by atoms with Crippen molar-refractivity contribution in [3.05, 3.63) is 29.6 Å². The lowest BCUT2D eigenvalue weighted by atomic mass is 10.1. The fourth-order valence-corrected chi connectivity index (χ4v) is 2.72. The molecule has 0 saturated heterocycles. The molecular formula is C16H23FN2O2. The van der Waals surface area contributed by atoms with Gasteiger partial charge in [-0.15, -0.1) is 0 Å². The third-order valence-electron chi connectivity index (χ3n) is 3.90. The molecule has 1 aliphatic carbocycles. The predicted octanol–water partition coefficient (Wildman–Crippen LogP) is 2.57. The van der Waals surface area contributed by atoms with Crippen LogP contribution < -0.4 is 10.6 Å². The summed E-state index contributed by atoms with van der Waals surface area (Å²) in [6.45, 7) is 1.16. The van der Waals surface area contributed by atoms with Crippen LogP contribution in [0.2, 0.25) is 0 Å². The van der Waals surface area contributed by atoms with E-state index in [-0.39, 0.29) is 11.3 Å². The van der Waals surface area contributed by atoms with Gasteiger partial charge in [-0.05, 0) is 25.0 Å². The maximum absolute atomic E-state index is 13.5. The zero-order chi connectivity index (χ0) is 15.1. The summed E-state index contributed by atoms with van der Waals surface area (Å²) in [4.78, 5) is 11.8.